The van der Waals surface area contributed by atoms with Crippen LogP contribution in [-0.2, 0) is 4.79 Å². The Morgan fingerprint density at radius 1 is 1.07 bits per heavy atom. The molecule has 0 bridgehead atoms. The average molecular weight is 405 g/mol. The number of rotatable bonds is 6. The summed E-state index contributed by atoms with van der Waals surface area (Å²) in [6, 6.07) is 12.4. The van der Waals surface area contributed by atoms with Crippen molar-refractivity contribution >= 4 is 34.8 Å². The van der Waals surface area contributed by atoms with E-state index in [1.165, 1.54) is 16.7 Å². The highest BCUT2D eigenvalue weighted by atomic mass is 35.5. The Kier molecular flexibility index (Phi) is 6.80. The van der Waals surface area contributed by atoms with Crippen LogP contribution in [-0.4, -0.2) is 13.0 Å². The monoisotopic (exact) mass is 404 g/mol. The molecule has 0 unspecified atom stereocenters. The Balaban J connectivity index is 1.91. The summed E-state index contributed by atoms with van der Waals surface area (Å²) in [7, 11) is 1.99. The molecule has 2 aromatic carbocycles. The molecule has 5 heteroatoms. The van der Waals surface area contributed by atoms with Gasteiger partial charge in [-0.2, -0.15) is 0 Å². The maximum atomic E-state index is 12.1. The zero-order valence-corrected chi connectivity index (χ0v) is 17.3. The molecule has 0 spiro atoms. The summed E-state index contributed by atoms with van der Waals surface area (Å²) in [6.07, 6.45) is 4.56. The molecule has 1 aliphatic carbocycles. The van der Waals surface area contributed by atoms with Gasteiger partial charge in [0, 0.05) is 24.1 Å². The van der Waals surface area contributed by atoms with Gasteiger partial charge in [-0.15, -0.1) is 0 Å². The smallest absolute Gasteiger partial charge is 0.224 e. The molecule has 1 amide bonds. The summed E-state index contributed by atoms with van der Waals surface area (Å²) in [5.41, 5.74) is 4.57. The van der Waals surface area contributed by atoms with Crippen LogP contribution in [0.1, 0.15) is 67.7 Å². The van der Waals surface area contributed by atoms with Gasteiger partial charge in [0.2, 0.25) is 5.91 Å². The number of carbonyl (C=O) groups is 1. The number of benzene rings is 2. The topological polar surface area (TPSA) is 41.1 Å². The largest absolute Gasteiger partial charge is 0.326 e. The van der Waals surface area contributed by atoms with Crippen molar-refractivity contribution in [2.24, 2.45) is 0 Å². The van der Waals surface area contributed by atoms with E-state index in [1.807, 2.05) is 25.2 Å². The van der Waals surface area contributed by atoms with Crippen molar-refractivity contribution < 1.29 is 4.79 Å². The fraction of sp³-hybridized carbons (Fsp3) is 0.409. The van der Waals surface area contributed by atoms with Crippen LogP contribution >= 0.6 is 23.2 Å². The van der Waals surface area contributed by atoms with Crippen LogP contribution in [0.15, 0.2) is 36.4 Å². The van der Waals surface area contributed by atoms with Crippen molar-refractivity contribution in [2.45, 2.75) is 51.0 Å². The van der Waals surface area contributed by atoms with E-state index in [4.69, 9.17) is 23.2 Å². The van der Waals surface area contributed by atoms with Crippen LogP contribution in [0.4, 0.5) is 5.69 Å². The Morgan fingerprint density at radius 3 is 2.59 bits per heavy atom. The van der Waals surface area contributed by atoms with Crippen molar-refractivity contribution in [1.29, 1.82) is 0 Å². The minimum Gasteiger partial charge on any atom is -0.326 e. The van der Waals surface area contributed by atoms with Gasteiger partial charge in [0.25, 0.3) is 0 Å². The number of carbonyl (C=O) groups excluding carboxylic acids is 1. The van der Waals surface area contributed by atoms with Crippen molar-refractivity contribution in [3.8, 4) is 0 Å². The third-order valence-corrected chi connectivity index (χ3v) is 6.06. The molecular formula is C22H26Cl2N2O. The molecule has 3 nitrogen and oxygen atoms in total. The fourth-order valence-electron chi connectivity index (χ4n) is 3.85. The minimum absolute atomic E-state index is 0.0784. The minimum atomic E-state index is 0.0784. The third-order valence-electron chi connectivity index (χ3n) is 5.32. The van der Waals surface area contributed by atoms with Gasteiger partial charge >= 0.3 is 0 Å². The highest BCUT2D eigenvalue weighted by Gasteiger charge is 2.28. The van der Waals surface area contributed by atoms with E-state index in [0.29, 0.717) is 16.5 Å². The van der Waals surface area contributed by atoms with Gasteiger partial charge in [0.05, 0.1) is 10.0 Å². The van der Waals surface area contributed by atoms with Crippen molar-refractivity contribution in [3.63, 3.8) is 0 Å². The molecule has 27 heavy (non-hydrogen) atoms. The molecule has 0 aromatic heterocycles. The number of anilines is 1. The normalized spacial score (nSPS) is 18.8. The molecule has 0 heterocycles. The molecule has 0 fully saturated rings. The van der Waals surface area contributed by atoms with Gasteiger partial charge in [0.15, 0.2) is 0 Å². The summed E-state index contributed by atoms with van der Waals surface area (Å²) in [5, 5.41) is 7.61. The number of hydrogen-bond donors (Lipinski definition) is 2. The summed E-state index contributed by atoms with van der Waals surface area (Å²) in [5.74, 6) is 0.360. The van der Waals surface area contributed by atoms with E-state index in [0.717, 1.165) is 31.4 Å². The van der Waals surface area contributed by atoms with Crippen molar-refractivity contribution in [2.75, 3.05) is 12.4 Å². The molecule has 2 aromatic rings. The zero-order valence-electron chi connectivity index (χ0n) is 15.8. The van der Waals surface area contributed by atoms with Gasteiger partial charge in [-0.1, -0.05) is 48.7 Å². The van der Waals surface area contributed by atoms with Crippen molar-refractivity contribution in [3.05, 3.63) is 63.1 Å². The molecule has 0 aliphatic heterocycles. The molecular weight excluding hydrogens is 379 g/mol. The van der Waals surface area contributed by atoms with Gasteiger partial charge in [-0.25, -0.2) is 0 Å². The van der Waals surface area contributed by atoms with Crippen LogP contribution in [0.2, 0.25) is 10.0 Å². The van der Waals surface area contributed by atoms with Crippen LogP contribution in [0.25, 0.3) is 0 Å². The molecule has 3 rings (SSSR count). The number of unbranched alkanes of at least 4 members (excludes halogenated alkanes) is 1. The SMILES string of the molecule is CCCCC(=O)Nc1ccc2c(c1)[C@@H](NC)CC[C@H]2c1ccc(Cl)c(Cl)c1. The zero-order chi connectivity index (χ0) is 19.4. The van der Waals surface area contributed by atoms with Gasteiger partial charge in [-0.3, -0.25) is 4.79 Å². The molecule has 0 radical (unpaired) electrons. The lowest BCUT2D eigenvalue weighted by atomic mass is 9.76. The predicted molar refractivity (Wildman–Crippen MR) is 114 cm³/mol. The first kappa shape index (κ1) is 20.2. The Labute approximate surface area is 171 Å². The lowest BCUT2D eigenvalue weighted by Gasteiger charge is -2.32. The number of halogens is 2. The van der Waals surface area contributed by atoms with E-state index in [9.17, 15) is 4.79 Å². The first-order valence-electron chi connectivity index (χ1n) is 9.59. The predicted octanol–water partition coefficient (Wildman–Crippen LogP) is 6.31. The first-order valence-corrected chi connectivity index (χ1v) is 10.3. The average Bonchev–Trinajstić information content (AvgIpc) is 2.67. The number of hydrogen-bond acceptors (Lipinski definition) is 2. The van der Waals surface area contributed by atoms with Gasteiger partial charge < -0.3 is 10.6 Å². The molecule has 0 saturated carbocycles. The van der Waals surface area contributed by atoms with Crippen LogP contribution < -0.4 is 10.6 Å². The van der Waals surface area contributed by atoms with Gasteiger partial charge in [-0.05, 0) is 67.3 Å². The fourth-order valence-corrected chi connectivity index (χ4v) is 4.16. The molecule has 144 valence electrons. The number of nitrogens with one attached hydrogen (secondary N) is 2. The lowest BCUT2D eigenvalue weighted by molar-refractivity contribution is -0.116. The standard InChI is InChI=1S/C22H26Cl2N2O/c1-3-4-5-22(27)26-15-7-8-17-16(9-11-21(25-2)18(17)13-15)14-6-10-19(23)20(24)12-14/h6-8,10,12-13,16,21,25H,3-5,9,11H2,1-2H3,(H,26,27)/t16-,21-/m0/s1. The molecule has 0 saturated heterocycles. The first-order chi connectivity index (χ1) is 13.0. The lowest BCUT2D eigenvalue weighted by Crippen LogP contribution is -2.24. The summed E-state index contributed by atoms with van der Waals surface area (Å²) < 4.78 is 0. The van der Waals surface area contributed by atoms with E-state index >= 15 is 0 Å². The van der Waals surface area contributed by atoms with Crippen LogP contribution in [0.3, 0.4) is 0 Å². The quantitative estimate of drug-likeness (QED) is 0.591. The second-order valence-corrected chi connectivity index (χ2v) is 7.95. The molecule has 2 N–H and O–H groups in total. The van der Waals surface area contributed by atoms with E-state index in [2.05, 4.69) is 35.8 Å². The van der Waals surface area contributed by atoms with Crippen LogP contribution in [0.5, 0.6) is 0 Å². The Morgan fingerprint density at radius 2 is 1.89 bits per heavy atom. The Hall–Kier alpha value is -1.55. The molecule has 2 atom stereocenters. The van der Waals surface area contributed by atoms with Gasteiger partial charge in [0.1, 0.15) is 0 Å². The maximum absolute atomic E-state index is 12.1. The second kappa shape index (κ2) is 9.09. The van der Waals surface area contributed by atoms with E-state index in [1.54, 1.807) is 0 Å². The highest BCUT2D eigenvalue weighted by Crippen LogP contribution is 2.43. The number of fused-ring (bicyclic) bond motifs is 1. The third kappa shape index (κ3) is 4.66. The summed E-state index contributed by atoms with van der Waals surface area (Å²) in [4.78, 5) is 12.1. The summed E-state index contributed by atoms with van der Waals surface area (Å²) in [6.45, 7) is 2.09. The maximum Gasteiger partial charge on any atom is 0.224 e. The van der Waals surface area contributed by atoms with E-state index < -0.39 is 0 Å². The Bertz CT molecular complexity index is 822. The highest BCUT2D eigenvalue weighted by molar-refractivity contribution is 6.42. The second-order valence-electron chi connectivity index (χ2n) is 7.14. The van der Waals surface area contributed by atoms with Crippen molar-refractivity contribution in [1.82, 2.24) is 5.32 Å². The van der Waals surface area contributed by atoms with Crippen LogP contribution in [0, 0.1) is 0 Å². The van der Waals surface area contributed by atoms with E-state index in [-0.39, 0.29) is 17.9 Å². The molecule has 1 aliphatic rings. The summed E-state index contributed by atoms with van der Waals surface area (Å²) >= 11 is 12.3. The number of amides is 1.